The lowest BCUT2D eigenvalue weighted by Gasteiger charge is -2.12. The van der Waals surface area contributed by atoms with Crippen molar-refractivity contribution in [1.29, 1.82) is 0 Å². The second-order valence-electron chi connectivity index (χ2n) is 5.62. The summed E-state index contributed by atoms with van der Waals surface area (Å²) in [5, 5.41) is 19.1. The molecule has 2 aromatic rings. The van der Waals surface area contributed by atoms with Crippen LogP contribution in [0.4, 0.5) is 5.69 Å². The maximum absolute atomic E-state index is 12.7. The Morgan fingerprint density at radius 3 is 2.56 bits per heavy atom. The van der Waals surface area contributed by atoms with Crippen LogP contribution in [-0.2, 0) is 4.79 Å². The van der Waals surface area contributed by atoms with E-state index in [0.29, 0.717) is 25.9 Å². The molecule has 2 aromatic carbocycles. The second-order valence-corrected chi connectivity index (χ2v) is 7.79. The van der Waals surface area contributed by atoms with Crippen molar-refractivity contribution in [3.05, 3.63) is 62.1 Å². The van der Waals surface area contributed by atoms with Gasteiger partial charge in [-0.1, -0.05) is 6.07 Å². The number of amides is 1. The van der Waals surface area contributed by atoms with Gasteiger partial charge in [0.15, 0.2) is 5.17 Å². The van der Waals surface area contributed by atoms with Crippen LogP contribution < -0.4 is 0 Å². The number of aromatic hydroxyl groups is 1. The lowest BCUT2D eigenvalue weighted by Crippen LogP contribution is -2.28. The number of carboxylic acid groups (broad SMARTS) is 1. The van der Waals surface area contributed by atoms with E-state index >= 15 is 0 Å². The van der Waals surface area contributed by atoms with Gasteiger partial charge < -0.3 is 10.2 Å². The molecule has 0 aromatic heterocycles. The van der Waals surface area contributed by atoms with Crippen molar-refractivity contribution in [1.82, 2.24) is 4.90 Å². The first-order valence-corrected chi connectivity index (χ1v) is 9.90. The van der Waals surface area contributed by atoms with Gasteiger partial charge in [-0.15, -0.1) is 0 Å². The van der Waals surface area contributed by atoms with Crippen LogP contribution in [0.2, 0.25) is 0 Å². The Kier molecular flexibility index (Phi) is 5.85. The molecule has 0 spiro atoms. The fourth-order valence-electron chi connectivity index (χ4n) is 2.42. The monoisotopic (exact) mass is 494 g/mol. The highest BCUT2D eigenvalue weighted by molar-refractivity contribution is 14.1. The molecular formula is C19H15IN2O4S. The second kappa shape index (κ2) is 8.13. The van der Waals surface area contributed by atoms with E-state index in [0.717, 1.165) is 5.56 Å². The number of phenolic OH excluding ortho intramolecular Hbond substituents is 1. The zero-order valence-electron chi connectivity index (χ0n) is 14.2. The molecule has 0 aliphatic carbocycles. The fourth-order valence-corrected chi connectivity index (χ4v) is 4.03. The minimum Gasteiger partial charge on any atom is -0.507 e. The van der Waals surface area contributed by atoms with E-state index in [1.807, 2.05) is 29.5 Å². The van der Waals surface area contributed by atoms with E-state index < -0.39 is 5.97 Å². The van der Waals surface area contributed by atoms with E-state index in [4.69, 9.17) is 5.11 Å². The number of carbonyl (C=O) groups excluding carboxylic acids is 1. The minimum atomic E-state index is -0.997. The molecule has 1 aliphatic heterocycles. The van der Waals surface area contributed by atoms with Gasteiger partial charge in [0.25, 0.3) is 5.91 Å². The van der Waals surface area contributed by atoms with Crippen LogP contribution in [0.15, 0.2) is 52.4 Å². The van der Waals surface area contributed by atoms with Gasteiger partial charge in [-0.2, -0.15) is 0 Å². The standard InChI is InChI=1S/C19H15IN2O4S/c1-2-22-17(24)16(10-11-3-8-15(23)14(20)9-11)27-19(22)21-13-6-4-12(5-7-13)18(25)26/h3-10,23H,2H2,1H3,(H,25,26)/b16-10-,21-19?. The van der Waals surface area contributed by atoms with E-state index in [2.05, 4.69) is 4.99 Å². The van der Waals surface area contributed by atoms with Crippen LogP contribution >= 0.6 is 34.4 Å². The molecule has 1 fully saturated rings. The molecule has 138 valence electrons. The highest BCUT2D eigenvalue weighted by Crippen LogP contribution is 2.34. The zero-order valence-corrected chi connectivity index (χ0v) is 17.2. The van der Waals surface area contributed by atoms with Crippen molar-refractivity contribution in [2.75, 3.05) is 6.54 Å². The van der Waals surface area contributed by atoms with Crippen molar-refractivity contribution in [3.63, 3.8) is 0 Å². The van der Waals surface area contributed by atoms with Crippen molar-refractivity contribution < 1.29 is 19.8 Å². The number of hydrogen-bond acceptors (Lipinski definition) is 5. The highest BCUT2D eigenvalue weighted by Gasteiger charge is 2.32. The Labute approximate surface area is 173 Å². The third-order valence-corrected chi connectivity index (χ3v) is 5.68. The molecule has 27 heavy (non-hydrogen) atoms. The van der Waals surface area contributed by atoms with Crippen LogP contribution in [0.3, 0.4) is 0 Å². The Morgan fingerprint density at radius 2 is 1.96 bits per heavy atom. The molecule has 1 saturated heterocycles. The van der Waals surface area contributed by atoms with Crippen LogP contribution in [0.25, 0.3) is 6.08 Å². The molecule has 0 saturated carbocycles. The van der Waals surface area contributed by atoms with Gasteiger partial charge in [-0.05, 0) is 89.3 Å². The predicted molar refractivity (Wildman–Crippen MR) is 114 cm³/mol. The quantitative estimate of drug-likeness (QED) is 0.488. The molecule has 6 nitrogen and oxygen atoms in total. The molecule has 2 N–H and O–H groups in total. The summed E-state index contributed by atoms with van der Waals surface area (Å²) in [5.74, 6) is -0.930. The summed E-state index contributed by atoms with van der Waals surface area (Å²) >= 11 is 3.30. The van der Waals surface area contributed by atoms with Gasteiger partial charge in [0, 0.05) is 6.54 Å². The number of thioether (sulfide) groups is 1. The van der Waals surface area contributed by atoms with Crippen LogP contribution in [0.1, 0.15) is 22.8 Å². The normalized spacial score (nSPS) is 17.1. The predicted octanol–water partition coefficient (Wildman–Crippen LogP) is 4.32. The fraction of sp³-hybridized carbons (Fsp3) is 0.105. The van der Waals surface area contributed by atoms with Crippen molar-refractivity contribution in [2.24, 2.45) is 4.99 Å². The summed E-state index contributed by atoms with van der Waals surface area (Å²) in [5.41, 5.74) is 1.58. The summed E-state index contributed by atoms with van der Waals surface area (Å²) in [7, 11) is 0. The number of likely N-dealkylation sites (N-methyl/N-ethyl adjacent to an activating group) is 1. The molecule has 8 heteroatoms. The van der Waals surface area contributed by atoms with Gasteiger partial charge in [0.1, 0.15) is 5.75 Å². The summed E-state index contributed by atoms with van der Waals surface area (Å²) in [4.78, 5) is 30.2. The molecular weight excluding hydrogens is 479 g/mol. The Bertz CT molecular complexity index is 970. The largest absolute Gasteiger partial charge is 0.507 e. The molecule has 1 heterocycles. The number of hydrogen-bond donors (Lipinski definition) is 2. The summed E-state index contributed by atoms with van der Waals surface area (Å²) in [6.07, 6.45) is 1.77. The SMILES string of the molecule is CCN1C(=O)/C(=C/c2ccc(O)c(I)c2)SC1=Nc1ccc(C(=O)O)cc1. The molecule has 0 unspecified atom stereocenters. The number of halogens is 1. The van der Waals surface area contributed by atoms with Gasteiger partial charge in [0.05, 0.1) is 19.7 Å². The van der Waals surface area contributed by atoms with Crippen molar-refractivity contribution in [2.45, 2.75) is 6.92 Å². The highest BCUT2D eigenvalue weighted by atomic mass is 127. The van der Waals surface area contributed by atoms with Gasteiger partial charge in [0.2, 0.25) is 0 Å². The molecule has 1 aliphatic rings. The van der Waals surface area contributed by atoms with Crippen LogP contribution in [0, 0.1) is 3.57 Å². The lowest BCUT2D eigenvalue weighted by atomic mass is 10.2. The number of aromatic carboxylic acids is 1. The number of aliphatic imine (C=N–C) groups is 1. The van der Waals surface area contributed by atoms with Crippen LogP contribution in [-0.4, -0.2) is 38.7 Å². The van der Waals surface area contributed by atoms with E-state index in [1.54, 1.807) is 41.3 Å². The summed E-state index contributed by atoms with van der Waals surface area (Å²) < 4.78 is 0.706. The number of rotatable bonds is 4. The molecule has 0 bridgehead atoms. The topological polar surface area (TPSA) is 90.2 Å². The summed E-state index contributed by atoms with van der Waals surface area (Å²) in [6, 6.07) is 11.3. The first-order valence-electron chi connectivity index (χ1n) is 8.01. The Balaban J connectivity index is 1.90. The average Bonchev–Trinajstić information content (AvgIpc) is 2.93. The van der Waals surface area contributed by atoms with E-state index in [9.17, 15) is 14.7 Å². The third-order valence-electron chi connectivity index (χ3n) is 3.81. The molecule has 3 rings (SSSR count). The van der Waals surface area contributed by atoms with Gasteiger partial charge in [-0.3, -0.25) is 9.69 Å². The number of nitrogens with zero attached hydrogens (tertiary/aromatic N) is 2. The van der Waals surface area contributed by atoms with E-state index in [-0.39, 0.29) is 17.2 Å². The number of amidine groups is 1. The van der Waals surface area contributed by atoms with Crippen LogP contribution in [0.5, 0.6) is 5.75 Å². The Morgan fingerprint density at radius 1 is 1.26 bits per heavy atom. The maximum atomic E-state index is 12.7. The minimum absolute atomic E-state index is 0.133. The number of carboxylic acids is 1. The molecule has 0 atom stereocenters. The first-order chi connectivity index (χ1) is 12.9. The maximum Gasteiger partial charge on any atom is 0.335 e. The average molecular weight is 494 g/mol. The molecule has 1 amide bonds. The van der Waals surface area contributed by atoms with E-state index in [1.165, 1.54) is 23.9 Å². The Hall–Kier alpha value is -2.33. The van der Waals surface area contributed by atoms with Gasteiger partial charge >= 0.3 is 5.97 Å². The first kappa shape index (κ1) is 19.4. The van der Waals surface area contributed by atoms with Crippen molar-refractivity contribution in [3.8, 4) is 5.75 Å². The number of benzene rings is 2. The third kappa shape index (κ3) is 4.33. The lowest BCUT2D eigenvalue weighted by molar-refractivity contribution is -0.122. The summed E-state index contributed by atoms with van der Waals surface area (Å²) in [6.45, 7) is 2.34. The smallest absolute Gasteiger partial charge is 0.335 e. The van der Waals surface area contributed by atoms with Gasteiger partial charge in [-0.25, -0.2) is 9.79 Å². The molecule has 0 radical (unpaired) electrons. The number of phenols is 1. The zero-order chi connectivity index (χ0) is 19.6. The number of carbonyl (C=O) groups is 2. The van der Waals surface area contributed by atoms with Crippen molar-refractivity contribution >= 4 is 63.2 Å².